The van der Waals surface area contributed by atoms with Crippen LogP contribution >= 0.6 is 0 Å². The van der Waals surface area contributed by atoms with Crippen LogP contribution in [0.1, 0.15) is 0 Å². The number of rotatable bonds is 6. The summed E-state index contributed by atoms with van der Waals surface area (Å²) in [6, 6.07) is 33.6. The van der Waals surface area contributed by atoms with Crippen LogP contribution in [0, 0.1) is 34.9 Å². The molecule has 0 aliphatic heterocycles. The summed E-state index contributed by atoms with van der Waals surface area (Å²) in [4.78, 5) is 17.8. The topological polar surface area (TPSA) is 77.8 Å². The van der Waals surface area contributed by atoms with Crippen LogP contribution in [-0.2, 0) is 0 Å². The number of nitrogens with zero attached hydrogens (tertiary/aromatic N) is 4. The molecule has 298 valence electrons. The number of aromatic nitrogens is 4. The van der Waals surface area contributed by atoms with E-state index in [1.807, 2.05) is 72.8 Å². The van der Waals surface area contributed by atoms with E-state index in [1.54, 1.807) is 36.7 Å². The molecule has 0 N–H and O–H groups in total. The lowest BCUT2D eigenvalue weighted by molar-refractivity contribution is 0.447. The Labute approximate surface area is 346 Å². The molecule has 6 heterocycles. The molecule has 0 bridgehead atoms. The minimum absolute atomic E-state index is 0.110. The largest absolute Gasteiger partial charge is 0.454 e. The van der Waals surface area contributed by atoms with E-state index in [-0.39, 0.29) is 22.5 Å². The molecule has 0 atom stereocenters. The van der Waals surface area contributed by atoms with E-state index in [9.17, 15) is 26.3 Å². The van der Waals surface area contributed by atoms with E-state index in [1.165, 1.54) is 12.4 Å². The zero-order valence-electron chi connectivity index (χ0n) is 31.7. The van der Waals surface area contributed by atoms with Crippen LogP contribution in [0.4, 0.5) is 26.3 Å². The fourth-order valence-corrected chi connectivity index (χ4v) is 7.90. The molecule has 0 saturated carbocycles. The third-order valence-corrected chi connectivity index (χ3v) is 11.0. The highest BCUT2D eigenvalue weighted by atomic mass is 19.2. The summed E-state index contributed by atoms with van der Waals surface area (Å²) in [6.07, 6.45) is 6.49. The Kier molecular flexibility index (Phi) is 8.50. The zero-order valence-corrected chi connectivity index (χ0v) is 31.7. The van der Waals surface area contributed by atoms with Crippen molar-refractivity contribution in [2.75, 3.05) is 0 Å². The minimum atomic E-state index is -1.54. The predicted molar refractivity (Wildman–Crippen MR) is 225 cm³/mol. The summed E-state index contributed by atoms with van der Waals surface area (Å²) in [5, 5.41) is 1.53. The van der Waals surface area contributed by atoms with Crippen molar-refractivity contribution < 1.29 is 35.2 Å². The molecule has 11 rings (SSSR count). The summed E-state index contributed by atoms with van der Waals surface area (Å²) in [5.74, 6) is -8.25. The van der Waals surface area contributed by atoms with Crippen LogP contribution in [0.3, 0.4) is 0 Å². The number of benzene rings is 5. The Morgan fingerprint density at radius 3 is 1.08 bits per heavy atom. The van der Waals surface area contributed by atoms with Crippen molar-refractivity contribution in [1.82, 2.24) is 19.9 Å². The Morgan fingerprint density at radius 1 is 0.323 bits per heavy atom. The Bertz CT molecular complexity index is 3340. The van der Waals surface area contributed by atoms with Gasteiger partial charge >= 0.3 is 0 Å². The smallest absolute Gasteiger partial charge is 0.194 e. The van der Waals surface area contributed by atoms with Crippen molar-refractivity contribution in [3.8, 4) is 67.0 Å². The lowest BCUT2D eigenvalue weighted by Gasteiger charge is -2.07. The summed E-state index contributed by atoms with van der Waals surface area (Å²) in [5.41, 5.74) is 11.0. The molecule has 11 aromatic rings. The number of fused-ring (bicyclic) bond motifs is 6. The van der Waals surface area contributed by atoms with Gasteiger partial charge in [-0.2, -0.15) is 0 Å². The second kappa shape index (κ2) is 14.3. The fraction of sp³-hybridized carbons (Fsp3) is 0. The van der Waals surface area contributed by atoms with Gasteiger partial charge < -0.3 is 8.83 Å². The maximum Gasteiger partial charge on any atom is 0.194 e. The summed E-state index contributed by atoms with van der Waals surface area (Å²) in [6.45, 7) is 0. The van der Waals surface area contributed by atoms with Gasteiger partial charge in [0.05, 0.1) is 11.4 Å². The van der Waals surface area contributed by atoms with Gasteiger partial charge in [0.1, 0.15) is 22.2 Å². The molecule has 6 nitrogen and oxygen atoms in total. The van der Waals surface area contributed by atoms with Crippen LogP contribution in [0.25, 0.3) is 111 Å². The van der Waals surface area contributed by atoms with Gasteiger partial charge in [0, 0.05) is 57.8 Å². The van der Waals surface area contributed by atoms with E-state index in [0.717, 1.165) is 79.5 Å². The van der Waals surface area contributed by atoms with Crippen molar-refractivity contribution in [3.63, 3.8) is 0 Å². The fourth-order valence-electron chi connectivity index (χ4n) is 7.90. The first-order valence-electron chi connectivity index (χ1n) is 19.1. The second-order valence-corrected chi connectivity index (χ2v) is 14.6. The van der Waals surface area contributed by atoms with Gasteiger partial charge in [-0.05, 0) is 118 Å². The molecular formula is C50H24F6N4O2. The Balaban J connectivity index is 0.909. The maximum atomic E-state index is 14.0. The molecule has 5 aromatic carbocycles. The van der Waals surface area contributed by atoms with Crippen molar-refractivity contribution in [2.45, 2.75) is 0 Å². The predicted octanol–water partition coefficient (Wildman–Crippen LogP) is 13.9. The van der Waals surface area contributed by atoms with Crippen molar-refractivity contribution in [3.05, 3.63) is 181 Å². The molecule has 0 amide bonds. The lowest BCUT2D eigenvalue weighted by atomic mass is 9.99. The van der Waals surface area contributed by atoms with Crippen LogP contribution in [0.2, 0.25) is 0 Å². The molecule has 0 aliphatic rings. The van der Waals surface area contributed by atoms with E-state index in [4.69, 9.17) is 8.83 Å². The Hall–Kier alpha value is -8.12. The normalized spacial score (nSPS) is 11.7. The van der Waals surface area contributed by atoms with Crippen molar-refractivity contribution >= 4 is 44.1 Å². The zero-order chi connectivity index (χ0) is 42.2. The van der Waals surface area contributed by atoms with E-state index in [2.05, 4.69) is 19.9 Å². The van der Waals surface area contributed by atoms with Gasteiger partial charge in [-0.15, -0.1) is 0 Å². The van der Waals surface area contributed by atoms with Crippen molar-refractivity contribution in [2.24, 2.45) is 0 Å². The van der Waals surface area contributed by atoms with E-state index >= 15 is 0 Å². The highest BCUT2D eigenvalue weighted by Crippen LogP contribution is 2.40. The standard InChI is InChI=1S/C50H24F6N4O2/c51-37-19-31(20-38(52)45(37)55)41-23-29(9-13-57-41)27-5-7-43-35(17-27)47-49(61-43)33(11-15-59-47)25-1-2-26(4-3-25)34-12-16-60-48-36-18-28(6-8-44(36)62-50(34)48)30-10-14-58-42(24-30)32-21-39(53)46(56)40(54)22-32/h1-24H. The van der Waals surface area contributed by atoms with Gasteiger partial charge in [0.25, 0.3) is 0 Å². The highest BCUT2D eigenvalue weighted by molar-refractivity contribution is 6.10. The molecule has 0 unspecified atom stereocenters. The molecule has 12 heteroatoms. The third-order valence-electron chi connectivity index (χ3n) is 11.0. The molecule has 6 aromatic heterocycles. The number of pyridine rings is 4. The molecular weight excluding hydrogens is 803 g/mol. The van der Waals surface area contributed by atoms with Gasteiger partial charge in [-0.25, -0.2) is 26.3 Å². The molecule has 62 heavy (non-hydrogen) atoms. The molecule has 0 radical (unpaired) electrons. The highest BCUT2D eigenvalue weighted by Gasteiger charge is 2.19. The molecule has 0 fully saturated rings. The number of hydrogen-bond donors (Lipinski definition) is 0. The van der Waals surface area contributed by atoms with Gasteiger partial charge in [0.2, 0.25) is 0 Å². The first kappa shape index (κ1) is 36.9. The van der Waals surface area contributed by atoms with Gasteiger partial charge in [-0.1, -0.05) is 36.4 Å². The summed E-state index contributed by atoms with van der Waals surface area (Å²) in [7, 11) is 0. The number of hydrogen-bond acceptors (Lipinski definition) is 6. The maximum absolute atomic E-state index is 14.0. The summed E-state index contributed by atoms with van der Waals surface area (Å²) >= 11 is 0. The van der Waals surface area contributed by atoms with Crippen LogP contribution in [0.5, 0.6) is 0 Å². The first-order chi connectivity index (χ1) is 30.2. The monoisotopic (exact) mass is 826 g/mol. The first-order valence-corrected chi connectivity index (χ1v) is 19.1. The van der Waals surface area contributed by atoms with E-state index < -0.39 is 34.9 Å². The minimum Gasteiger partial charge on any atom is -0.454 e. The average Bonchev–Trinajstić information content (AvgIpc) is 3.88. The second-order valence-electron chi connectivity index (χ2n) is 14.6. The van der Waals surface area contributed by atoms with Crippen LogP contribution in [-0.4, -0.2) is 19.9 Å². The SMILES string of the molecule is Fc1cc(-c2cc(-c3ccc4oc5c(-c6ccc(-c7ccnc8c7oc7ccc(-c9ccnc(-c%10cc(F)c(F)c(F)c%10)c9)cc78)cc6)ccnc5c4c3)ccn2)cc(F)c1F. The van der Waals surface area contributed by atoms with Crippen LogP contribution < -0.4 is 0 Å². The molecule has 0 saturated heterocycles. The lowest BCUT2D eigenvalue weighted by Crippen LogP contribution is -1.93. The average molecular weight is 827 g/mol. The number of halogens is 6. The van der Waals surface area contributed by atoms with Gasteiger partial charge in [-0.3, -0.25) is 19.9 Å². The number of furan rings is 2. The molecule has 0 aliphatic carbocycles. The van der Waals surface area contributed by atoms with E-state index in [0.29, 0.717) is 33.4 Å². The Morgan fingerprint density at radius 2 is 0.677 bits per heavy atom. The van der Waals surface area contributed by atoms with Crippen molar-refractivity contribution in [1.29, 1.82) is 0 Å². The third kappa shape index (κ3) is 6.14. The van der Waals surface area contributed by atoms with Gasteiger partial charge in [0.15, 0.2) is 46.1 Å². The summed E-state index contributed by atoms with van der Waals surface area (Å²) < 4.78 is 96.1. The van der Waals surface area contributed by atoms with Crippen LogP contribution in [0.15, 0.2) is 155 Å². The quantitative estimate of drug-likeness (QED) is 0.123. The molecule has 0 spiro atoms.